The van der Waals surface area contributed by atoms with Crippen LogP contribution >= 0.6 is 0 Å². The van der Waals surface area contributed by atoms with Gasteiger partial charge in [-0.15, -0.1) is 0 Å². The molecule has 4 heteroatoms. The molecule has 0 bridgehead atoms. The van der Waals surface area contributed by atoms with Gasteiger partial charge in [0, 0.05) is 6.42 Å². The lowest BCUT2D eigenvalue weighted by atomic mass is 10.1. The molecule has 0 heterocycles. The van der Waals surface area contributed by atoms with Crippen molar-refractivity contribution in [1.82, 2.24) is 0 Å². The zero-order chi connectivity index (χ0) is 17.9. The number of allylic oxidation sites excluding steroid dienone is 2. The molecule has 0 radical (unpaired) electrons. The second kappa shape index (κ2) is 10.7. The third kappa shape index (κ3) is 8.99. The Labute approximate surface area is 144 Å². The van der Waals surface area contributed by atoms with Gasteiger partial charge >= 0.3 is 5.97 Å². The summed E-state index contributed by atoms with van der Waals surface area (Å²) in [6.07, 6.45) is 11.1. The molecule has 23 heavy (non-hydrogen) atoms. The molecule has 0 N–H and O–H groups in total. The van der Waals surface area contributed by atoms with Gasteiger partial charge in [0.15, 0.2) is 0 Å². The van der Waals surface area contributed by atoms with Crippen LogP contribution in [0, 0.1) is 0 Å². The monoisotopic (exact) mass is 340 g/mol. The Morgan fingerprint density at radius 3 is 2.26 bits per heavy atom. The standard InChI is InChI=1S/C19H36O3Si/c1-8-10-11-12-13-14-15-17(18(20)21-9-2)16-22-23(6,7)19(3,4)5/h13-14,16H,8-12,15H2,1-7H3/b14-13+,17-16+. The first kappa shape index (κ1) is 22.0. The zero-order valence-electron chi connectivity index (χ0n) is 16.2. The van der Waals surface area contributed by atoms with Crippen LogP contribution in [0.2, 0.25) is 18.1 Å². The molecule has 3 nitrogen and oxygen atoms in total. The number of ether oxygens (including phenoxy) is 1. The van der Waals surface area contributed by atoms with Gasteiger partial charge in [-0.2, -0.15) is 0 Å². The average Bonchev–Trinajstić information content (AvgIpc) is 2.44. The Balaban J connectivity index is 4.81. The SMILES string of the molecule is CCCCC/C=C/C/C(=C\O[Si](C)(C)C(C)(C)C)C(=O)OCC. The van der Waals surface area contributed by atoms with Crippen LogP contribution in [0.5, 0.6) is 0 Å². The minimum absolute atomic E-state index is 0.110. The fourth-order valence-corrected chi connectivity index (χ4v) is 2.43. The van der Waals surface area contributed by atoms with Crippen molar-refractivity contribution in [1.29, 1.82) is 0 Å². The van der Waals surface area contributed by atoms with Crippen LogP contribution in [0.1, 0.15) is 66.7 Å². The fourth-order valence-electron chi connectivity index (χ4n) is 1.64. The summed E-state index contributed by atoms with van der Waals surface area (Å²) < 4.78 is 11.2. The smallest absolute Gasteiger partial charge is 0.337 e. The van der Waals surface area contributed by atoms with Crippen molar-refractivity contribution in [2.45, 2.75) is 84.9 Å². The number of unbranched alkanes of at least 4 members (excludes halogenated alkanes) is 3. The van der Waals surface area contributed by atoms with Crippen molar-refractivity contribution in [2.75, 3.05) is 6.61 Å². The van der Waals surface area contributed by atoms with E-state index in [-0.39, 0.29) is 11.0 Å². The highest BCUT2D eigenvalue weighted by molar-refractivity contribution is 6.74. The van der Waals surface area contributed by atoms with E-state index < -0.39 is 8.32 Å². The summed E-state index contributed by atoms with van der Waals surface area (Å²) in [7, 11) is -1.91. The first-order valence-corrected chi connectivity index (χ1v) is 11.8. The van der Waals surface area contributed by atoms with Gasteiger partial charge in [0.1, 0.15) is 0 Å². The summed E-state index contributed by atoms with van der Waals surface area (Å²) in [6, 6.07) is 0. The van der Waals surface area contributed by atoms with E-state index in [0.29, 0.717) is 18.6 Å². The highest BCUT2D eigenvalue weighted by Gasteiger charge is 2.38. The molecule has 134 valence electrons. The van der Waals surface area contributed by atoms with E-state index in [0.717, 1.165) is 6.42 Å². The first-order valence-electron chi connectivity index (χ1n) is 8.84. The van der Waals surface area contributed by atoms with Crippen LogP contribution < -0.4 is 0 Å². The van der Waals surface area contributed by atoms with E-state index >= 15 is 0 Å². The molecular formula is C19H36O3Si. The quantitative estimate of drug-likeness (QED) is 0.122. The van der Waals surface area contributed by atoms with Crippen LogP contribution in [0.3, 0.4) is 0 Å². The second-order valence-corrected chi connectivity index (χ2v) is 12.2. The Kier molecular flexibility index (Phi) is 10.2. The molecule has 0 aromatic heterocycles. The normalized spacial score (nSPS) is 13.4. The molecule has 0 aromatic carbocycles. The lowest BCUT2D eigenvalue weighted by Gasteiger charge is -2.35. The predicted octanol–water partition coefficient (Wildman–Crippen LogP) is 5.98. The van der Waals surface area contributed by atoms with Crippen molar-refractivity contribution in [3.8, 4) is 0 Å². The lowest BCUT2D eigenvalue weighted by molar-refractivity contribution is -0.138. The molecular weight excluding hydrogens is 304 g/mol. The van der Waals surface area contributed by atoms with Gasteiger partial charge in [0.2, 0.25) is 8.32 Å². The number of hydrogen-bond acceptors (Lipinski definition) is 3. The first-order chi connectivity index (χ1) is 10.7. The number of carbonyl (C=O) groups is 1. The molecule has 0 rings (SSSR count). The second-order valence-electron chi connectivity index (χ2n) is 7.41. The zero-order valence-corrected chi connectivity index (χ0v) is 17.2. The fraction of sp³-hybridized carbons (Fsp3) is 0.737. The summed E-state index contributed by atoms with van der Waals surface area (Å²) in [5.74, 6) is -0.274. The van der Waals surface area contributed by atoms with Crippen molar-refractivity contribution in [3.05, 3.63) is 24.0 Å². The average molecular weight is 341 g/mol. The molecule has 0 aliphatic rings. The molecule has 0 saturated heterocycles. The van der Waals surface area contributed by atoms with E-state index in [1.165, 1.54) is 19.3 Å². The molecule has 0 saturated carbocycles. The maximum Gasteiger partial charge on any atom is 0.337 e. The summed E-state index contributed by atoms with van der Waals surface area (Å²) in [5.41, 5.74) is 0.600. The van der Waals surface area contributed by atoms with Gasteiger partial charge in [-0.05, 0) is 37.9 Å². The van der Waals surface area contributed by atoms with E-state index in [9.17, 15) is 4.79 Å². The third-order valence-corrected chi connectivity index (χ3v) is 8.64. The lowest BCUT2D eigenvalue weighted by Crippen LogP contribution is -2.39. The molecule has 0 aliphatic heterocycles. The Morgan fingerprint density at radius 2 is 1.74 bits per heavy atom. The number of carbonyl (C=O) groups excluding carboxylic acids is 1. The van der Waals surface area contributed by atoms with Gasteiger partial charge in [0.25, 0.3) is 0 Å². The van der Waals surface area contributed by atoms with Crippen LogP contribution in [0.15, 0.2) is 24.0 Å². The van der Waals surface area contributed by atoms with E-state index in [1.807, 2.05) is 13.0 Å². The molecule has 0 fully saturated rings. The van der Waals surface area contributed by atoms with Crippen molar-refractivity contribution in [2.24, 2.45) is 0 Å². The molecule has 0 aliphatic carbocycles. The van der Waals surface area contributed by atoms with Gasteiger partial charge in [-0.1, -0.05) is 52.7 Å². The molecule has 0 amide bonds. The maximum absolute atomic E-state index is 12.1. The van der Waals surface area contributed by atoms with Crippen LogP contribution in [-0.4, -0.2) is 20.9 Å². The highest BCUT2D eigenvalue weighted by Crippen LogP contribution is 2.36. The van der Waals surface area contributed by atoms with E-state index in [1.54, 1.807) is 6.26 Å². The summed E-state index contributed by atoms with van der Waals surface area (Å²) >= 11 is 0. The van der Waals surface area contributed by atoms with Crippen LogP contribution in [-0.2, 0) is 14.0 Å². The van der Waals surface area contributed by atoms with Gasteiger partial charge in [0.05, 0.1) is 18.4 Å². The Hall–Kier alpha value is -1.03. The molecule has 0 aromatic rings. The summed E-state index contributed by atoms with van der Waals surface area (Å²) in [5, 5.41) is 0.110. The Morgan fingerprint density at radius 1 is 1.09 bits per heavy atom. The highest BCUT2D eigenvalue weighted by atomic mass is 28.4. The Bertz CT molecular complexity index is 403. The van der Waals surface area contributed by atoms with Gasteiger partial charge in [-0.3, -0.25) is 0 Å². The summed E-state index contributed by atoms with van der Waals surface area (Å²) in [6.45, 7) is 15.3. The number of hydrogen-bond donors (Lipinski definition) is 0. The van der Waals surface area contributed by atoms with Gasteiger partial charge in [-0.25, -0.2) is 4.79 Å². The third-order valence-electron chi connectivity index (χ3n) is 4.32. The predicted molar refractivity (Wildman–Crippen MR) is 101 cm³/mol. The largest absolute Gasteiger partial charge is 0.548 e. The topological polar surface area (TPSA) is 35.5 Å². The van der Waals surface area contributed by atoms with Crippen molar-refractivity contribution < 1.29 is 14.0 Å². The summed E-state index contributed by atoms with van der Waals surface area (Å²) in [4.78, 5) is 12.1. The van der Waals surface area contributed by atoms with Crippen LogP contribution in [0.4, 0.5) is 0 Å². The number of esters is 1. The van der Waals surface area contributed by atoms with E-state index in [4.69, 9.17) is 9.16 Å². The molecule has 0 spiro atoms. The molecule has 0 atom stereocenters. The number of rotatable bonds is 10. The van der Waals surface area contributed by atoms with Crippen molar-refractivity contribution >= 4 is 14.3 Å². The minimum Gasteiger partial charge on any atom is -0.548 e. The van der Waals surface area contributed by atoms with E-state index in [2.05, 4.69) is 46.9 Å². The minimum atomic E-state index is -1.91. The van der Waals surface area contributed by atoms with Gasteiger partial charge < -0.3 is 9.16 Å². The van der Waals surface area contributed by atoms with Crippen molar-refractivity contribution in [3.63, 3.8) is 0 Å². The van der Waals surface area contributed by atoms with Crippen LogP contribution in [0.25, 0.3) is 0 Å². The maximum atomic E-state index is 12.1. The molecule has 0 unspecified atom stereocenters.